The van der Waals surface area contributed by atoms with Crippen molar-refractivity contribution in [2.24, 2.45) is 0 Å². The molecule has 0 saturated heterocycles. The number of hydrogen-bond acceptors (Lipinski definition) is 2. The molecule has 0 saturated carbocycles. The lowest BCUT2D eigenvalue weighted by molar-refractivity contribution is -0.118. The van der Waals surface area contributed by atoms with E-state index in [1.54, 1.807) is 6.07 Å². The van der Waals surface area contributed by atoms with Gasteiger partial charge in [-0.15, -0.1) is 11.8 Å². The van der Waals surface area contributed by atoms with Crippen LogP contribution in [-0.4, -0.2) is 11.7 Å². The summed E-state index contributed by atoms with van der Waals surface area (Å²) >= 11 is 1.26. The van der Waals surface area contributed by atoms with Gasteiger partial charge in [0.2, 0.25) is 5.91 Å². The number of thioether (sulfide) groups is 1. The number of nitrogens with one attached hydrogen (secondary N) is 1. The van der Waals surface area contributed by atoms with Crippen LogP contribution in [0.1, 0.15) is 5.56 Å². The largest absolute Gasteiger partial charge is 0.351 e. The van der Waals surface area contributed by atoms with Crippen molar-refractivity contribution in [2.75, 3.05) is 5.75 Å². The fourth-order valence-corrected chi connectivity index (χ4v) is 2.15. The summed E-state index contributed by atoms with van der Waals surface area (Å²) in [6, 6.07) is 4.91. The van der Waals surface area contributed by atoms with Crippen molar-refractivity contribution < 1.29 is 9.18 Å². The second kappa shape index (κ2) is 3.38. The fourth-order valence-electron chi connectivity index (χ4n) is 1.24. The Morgan fingerprint density at radius 1 is 1.46 bits per heavy atom. The molecular weight excluding hydrogens is 189 g/mol. The van der Waals surface area contributed by atoms with Crippen molar-refractivity contribution >= 4 is 17.7 Å². The number of amides is 1. The molecule has 1 aromatic rings. The second-order valence-electron chi connectivity index (χ2n) is 2.79. The smallest absolute Gasteiger partial charge is 0.230 e. The molecule has 0 unspecified atom stereocenters. The van der Waals surface area contributed by atoms with Crippen molar-refractivity contribution in [3.05, 3.63) is 29.6 Å². The van der Waals surface area contributed by atoms with E-state index in [4.69, 9.17) is 0 Å². The van der Waals surface area contributed by atoms with Crippen LogP contribution in [0, 0.1) is 5.82 Å². The number of carbonyl (C=O) groups is 1. The minimum atomic E-state index is -0.237. The minimum Gasteiger partial charge on any atom is -0.351 e. The van der Waals surface area contributed by atoms with Gasteiger partial charge in [-0.2, -0.15) is 0 Å². The molecule has 1 N–H and O–H groups in total. The normalized spacial score (nSPS) is 15.9. The van der Waals surface area contributed by atoms with Crippen molar-refractivity contribution in [3.8, 4) is 0 Å². The van der Waals surface area contributed by atoms with E-state index < -0.39 is 0 Å². The average Bonchev–Trinajstić information content (AvgIpc) is 2.30. The summed E-state index contributed by atoms with van der Waals surface area (Å²) in [6.45, 7) is 0.429. The number of hydrogen-bond donors (Lipinski definition) is 1. The first kappa shape index (κ1) is 8.56. The summed E-state index contributed by atoms with van der Waals surface area (Å²) in [5, 5.41) is 2.70. The lowest BCUT2D eigenvalue weighted by Gasteiger charge is -2.03. The molecule has 0 bridgehead atoms. The Hall–Kier alpha value is -1.03. The van der Waals surface area contributed by atoms with Crippen LogP contribution in [0.3, 0.4) is 0 Å². The Kier molecular flexibility index (Phi) is 2.22. The van der Waals surface area contributed by atoms with Gasteiger partial charge in [0, 0.05) is 11.4 Å². The minimum absolute atomic E-state index is 0.0411. The van der Waals surface area contributed by atoms with Crippen LogP contribution in [0.4, 0.5) is 4.39 Å². The standard InChI is InChI=1S/C9H8FNOS/c10-7-3-1-2-6-4-11-8(12)5-13-9(6)7/h1-3H,4-5H2,(H,11,12). The molecule has 1 aromatic carbocycles. The SMILES string of the molecule is O=C1CSc2c(F)cccc2CN1. The molecule has 1 aliphatic rings. The van der Waals surface area contributed by atoms with Gasteiger partial charge in [0.05, 0.1) is 5.75 Å². The van der Waals surface area contributed by atoms with Crippen molar-refractivity contribution in [2.45, 2.75) is 11.4 Å². The van der Waals surface area contributed by atoms with Crippen molar-refractivity contribution in [3.63, 3.8) is 0 Å². The van der Waals surface area contributed by atoms with Crippen LogP contribution in [0.5, 0.6) is 0 Å². The highest BCUT2D eigenvalue weighted by atomic mass is 32.2. The summed E-state index contributed by atoms with van der Waals surface area (Å²) < 4.78 is 13.2. The quantitative estimate of drug-likeness (QED) is 0.683. The molecule has 0 atom stereocenters. The highest BCUT2D eigenvalue weighted by Gasteiger charge is 2.15. The topological polar surface area (TPSA) is 29.1 Å². The molecular formula is C9H8FNOS. The molecule has 1 amide bonds. The van der Waals surface area contributed by atoms with Gasteiger partial charge in [-0.3, -0.25) is 4.79 Å². The van der Waals surface area contributed by atoms with Gasteiger partial charge in [0.15, 0.2) is 0 Å². The molecule has 13 heavy (non-hydrogen) atoms. The van der Waals surface area contributed by atoms with Crippen LogP contribution in [0.15, 0.2) is 23.1 Å². The second-order valence-corrected chi connectivity index (χ2v) is 3.78. The fraction of sp³-hybridized carbons (Fsp3) is 0.222. The number of halogens is 1. The molecule has 68 valence electrons. The first-order valence-corrected chi connectivity index (χ1v) is 4.93. The Morgan fingerprint density at radius 3 is 3.15 bits per heavy atom. The third-order valence-corrected chi connectivity index (χ3v) is 3.02. The summed E-state index contributed by atoms with van der Waals surface area (Å²) in [5.74, 6) is 0.0214. The Morgan fingerprint density at radius 2 is 2.31 bits per heavy atom. The monoisotopic (exact) mass is 197 g/mol. The van der Waals surface area contributed by atoms with Gasteiger partial charge in [-0.1, -0.05) is 12.1 Å². The average molecular weight is 197 g/mol. The number of benzene rings is 1. The highest BCUT2D eigenvalue weighted by Crippen LogP contribution is 2.27. The maximum Gasteiger partial charge on any atom is 0.230 e. The van der Waals surface area contributed by atoms with Gasteiger partial charge in [-0.25, -0.2) is 4.39 Å². The molecule has 1 aliphatic heterocycles. The van der Waals surface area contributed by atoms with Crippen molar-refractivity contribution in [1.29, 1.82) is 0 Å². The van der Waals surface area contributed by atoms with Crippen LogP contribution in [-0.2, 0) is 11.3 Å². The molecule has 0 radical (unpaired) electrons. The number of carbonyl (C=O) groups excluding carboxylic acids is 1. The lowest BCUT2D eigenvalue weighted by atomic mass is 10.2. The van der Waals surface area contributed by atoms with Crippen LogP contribution in [0.2, 0.25) is 0 Å². The van der Waals surface area contributed by atoms with Crippen LogP contribution >= 0.6 is 11.8 Å². The maximum atomic E-state index is 13.2. The van der Waals surface area contributed by atoms with E-state index in [1.807, 2.05) is 6.07 Å². The number of rotatable bonds is 0. The first-order chi connectivity index (χ1) is 6.27. The summed E-state index contributed by atoms with van der Waals surface area (Å²) in [5.41, 5.74) is 0.857. The van der Waals surface area contributed by atoms with Gasteiger partial charge >= 0.3 is 0 Å². The molecule has 0 aromatic heterocycles. The predicted octanol–water partition coefficient (Wildman–Crippen LogP) is 1.55. The van der Waals surface area contributed by atoms with Gasteiger partial charge in [0.1, 0.15) is 5.82 Å². The third kappa shape index (κ3) is 1.67. The summed E-state index contributed by atoms with van der Waals surface area (Å²) in [6.07, 6.45) is 0. The van der Waals surface area contributed by atoms with E-state index >= 15 is 0 Å². The van der Waals surface area contributed by atoms with Gasteiger partial charge in [0.25, 0.3) is 0 Å². The third-order valence-electron chi connectivity index (χ3n) is 1.87. The van der Waals surface area contributed by atoms with E-state index in [1.165, 1.54) is 17.8 Å². The zero-order valence-corrected chi connectivity index (χ0v) is 7.66. The molecule has 2 rings (SSSR count). The molecule has 4 heteroatoms. The van der Waals surface area contributed by atoms with Crippen LogP contribution < -0.4 is 5.32 Å². The summed E-state index contributed by atoms with van der Waals surface area (Å²) in [7, 11) is 0. The summed E-state index contributed by atoms with van der Waals surface area (Å²) in [4.78, 5) is 11.6. The van der Waals surface area contributed by atoms with Crippen LogP contribution in [0.25, 0.3) is 0 Å². The molecule has 2 nitrogen and oxygen atoms in total. The lowest BCUT2D eigenvalue weighted by Crippen LogP contribution is -2.22. The first-order valence-electron chi connectivity index (χ1n) is 3.94. The highest BCUT2D eigenvalue weighted by molar-refractivity contribution is 8.00. The number of fused-ring (bicyclic) bond motifs is 1. The Bertz CT molecular complexity index is 353. The van der Waals surface area contributed by atoms with E-state index in [0.717, 1.165) is 5.56 Å². The molecule has 0 spiro atoms. The zero-order valence-electron chi connectivity index (χ0n) is 6.84. The van der Waals surface area contributed by atoms with E-state index in [9.17, 15) is 9.18 Å². The zero-order chi connectivity index (χ0) is 9.26. The molecule has 0 aliphatic carbocycles. The van der Waals surface area contributed by atoms with Gasteiger partial charge in [-0.05, 0) is 11.6 Å². The van der Waals surface area contributed by atoms with E-state index in [2.05, 4.69) is 5.32 Å². The Labute approximate surface area is 79.5 Å². The van der Waals surface area contributed by atoms with Gasteiger partial charge < -0.3 is 5.32 Å². The van der Waals surface area contributed by atoms with Crippen molar-refractivity contribution in [1.82, 2.24) is 5.32 Å². The van der Waals surface area contributed by atoms with E-state index in [-0.39, 0.29) is 11.7 Å². The predicted molar refractivity (Wildman–Crippen MR) is 49.0 cm³/mol. The van der Waals surface area contributed by atoms with E-state index in [0.29, 0.717) is 17.2 Å². The molecule has 1 heterocycles. The maximum absolute atomic E-state index is 13.2. The molecule has 0 fully saturated rings. The Balaban J connectivity index is 2.40.